The third kappa shape index (κ3) is 11.5. The highest BCUT2D eigenvalue weighted by molar-refractivity contribution is 7.13. The molecule has 18 nitrogen and oxygen atoms in total. The lowest BCUT2D eigenvalue weighted by Gasteiger charge is -2.34. The van der Waals surface area contributed by atoms with Crippen molar-refractivity contribution in [3.8, 4) is 44.5 Å². The Morgan fingerprint density at radius 1 is 0.940 bits per heavy atom. The van der Waals surface area contributed by atoms with Crippen molar-refractivity contribution in [3.63, 3.8) is 0 Å². The van der Waals surface area contributed by atoms with Crippen LogP contribution in [0.4, 0.5) is 5.82 Å². The first-order valence-corrected chi connectivity index (χ1v) is 23.6. The number of benzene rings is 2. The van der Waals surface area contributed by atoms with E-state index in [4.69, 9.17) is 19.7 Å². The van der Waals surface area contributed by atoms with Gasteiger partial charge in [-0.25, -0.2) is 4.98 Å². The molecule has 2 saturated heterocycles. The molecule has 0 spiro atoms. The number of carbonyl (C=O) groups is 2. The zero-order valence-electron chi connectivity index (χ0n) is 38.3. The van der Waals surface area contributed by atoms with Gasteiger partial charge < -0.3 is 40.2 Å². The predicted octanol–water partition coefficient (Wildman–Crippen LogP) is 5.01. The maximum Gasteiger partial charge on any atom is 0.254 e. The third-order valence-corrected chi connectivity index (χ3v) is 13.5. The van der Waals surface area contributed by atoms with E-state index in [-0.39, 0.29) is 48.3 Å². The molecule has 4 aromatic heterocycles. The number of nitrogens with one attached hydrogen (secondary N) is 1. The Morgan fingerprint density at radius 2 is 1.67 bits per heavy atom. The van der Waals surface area contributed by atoms with Crippen LogP contribution in [0.1, 0.15) is 56.2 Å². The molecule has 0 saturated carbocycles. The number of ether oxygens (including phenoxy) is 2. The van der Waals surface area contributed by atoms with E-state index in [0.29, 0.717) is 61.4 Å². The Morgan fingerprint density at radius 3 is 2.39 bits per heavy atom. The Balaban J connectivity index is 0.741. The molecule has 6 heterocycles. The van der Waals surface area contributed by atoms with Crippen molar-refractivity contribution in [1.29, 1.82) is 0 Å². The number of rotatable bonds is 19. The van der Waals surface area contributed by atoms with Crippen molar-refractivity contribution >= 4 is 29.0 Å². The van der Waals surface area contributed by atoms with E-state index < -0.39 is 18.1 Å². The molecule has 2 aromatic carbocycles. The fraction of sp³-hybridized carbons (Fsp3) is 0.438. The van der Waals surface area contributed by atoms with E-state index in [0.717, 1.165) is 60.0 Å². The van der Waals surface area contributed by atoms with Crippen LogP contribution in [0.2, 0.25) is 0 Å². The monoisotopic (exact) mass is 933 g/mol. The van der Waals surface area contributed by atoms with Gasteiger partial charge in [-0.2, -0.15) is 5.10 Å². The number of phenols is 1. The van der Waals surface area contributed by atoms with Crippen molar-refractivity contribution in [2.75, 3.05) is 71.4 Å². The largest absolute Gasteiger partial charge is 0.507 e. The third-order valence-electron chi connectivity index (χ3n) is 12.5. The molecular weight excluding hydrogens is 875 g/mol. The molecule has 67 heavy (non-hydrogen) atoms. The molecule has 5 N–H and O–H groups in total. The number of aromatic nitrogens is 6. The Bertz CT molecular complexity index is 2590. The van der Waals surface area contributed by atoms with Crippen LogP contribution in [-0.2, 0) is 20.9 Å². The van der Waals surface area contributed by atoms with E-state index in [1.807, 2.05) is 74.4 Å². The number of thiazole rings is 1. The summed E-state index contributed by atoms with van der Waals surface area (Å²) in [7, 11) is 0. The van der Waals surface area contributed by atoms with Gasteiger partial charge in [0.05, 0.1) is 59.9 Å². The lowest BCUT2D eigenvalue weighted by molar-refractivity contribution is -0.141. The minimum atomic E-state index is -0.828. The number of aryl methyl sites for hydroxylation is 1. The Labute approximate surface area is 393 Å². The number of hydrogen-bond donors (Lipinski definition) is 4. The SMILES string of the molecule is Cc1ncsc1-c1ccc([C@H](C)NC(=O)[C@@H]2C[C@@H](O)CN2C(=O)[C@@H](c2cc(OCCN3CCN(CCOCCn4cc(-c5cc(-c6ccccc6O)nnc5N)cn4)CC3)no2)C(C)C)cc1. The predicted molar refractivity (Wildman–Crippen MR) is 253 cm³/mol. The zero-order valence-corrected chi connectivity index (χ0v) is 39.1. The average Bonchev–Trinajstić information content (AvgIpc) is 4.16. The molecule has 354 valence electrons. The minimum Gasteiger partial charge on any atom is -0.507 e. The van der Waals surface area contributed by atoms with Crippen LogP contribution in [0.3, 0.4) is 0 Å². The van der Waals surface area contributed by atoms with Gasteiger partial charge in [0.2, 0.25) is 11.8 Å². The number of β-amino-alcohol motifs (C(OH)–C–C–N with tert-alkyl or cyclic N) is 1. The molecule has 8 rings (SSSR count). The van der Waals surface area contributed by atoms with E-state index in [2.05, 4.69) is 40.6 Å². The number of carbonyl (C=O) groups excluding carboxylic acids is 2. The number of nitrogen functional groups attached to an aromatic ring is 1. The van der Waals surface area contributed by atoms with Crippen LogP contribution < -0.4 is 15.8 Å². The number of amides is 2. The molecule has 2 aliphatic rings. The number of nitrogens with zero attached hydrogens (tertiary/aromatic N) is 9. The molecule has 0 aliphatic carbocycles. The van der Waals surface area contributed by atoms with E-state index in [1.54, 1.807) is 47.9 Å². The first kappa shape index (κ1) is 47.3. The summed E-state index contributed by atoms with van der Waals surface area (Å²) in [5.41, 5.74) is 13.5. The van der Waals surface area contributed by atoms with Crippen molar-refractivity contribution in [2.24, 2.45) is 5.92 Å². The molecule has 0 radical (unpaired) electrons. The number of hydrogen-bond acceptors (Lipinski definition) is 16. The van der Waals surface area contributed by atoms with Gasteiger partial charge in [0.25, 0.3) is 5.88 Å². The van der Waals surface area contributed by atoms with Gasteiger partial charge in [-0.15, -0.1) is 21.5 Å². The molecule has 2 fully saturated rings. The van der Waals surface area contributed by atoms with Gasteiger partial charge in [0, 0.05) is 81.2 Å². The lowest BCUT2D eigenvalue weighted by atomic mass is 9.91. The highest BCUT2D eigenvalue weighted by atomic mass is 32.1. The number of phenolic OH excluding ortho intramolecular Hbond substituents is 1. The molecule has 0 bridgehead atoms. The van der Waals surface area contributed by atoms with Crippen LogP contribution in [0.5, 0.6) is 11.6 Å². The number of aliphatic hydroxyl groups excluding tert-OH is 1. The highest BCUT2D eigenvalue weighted by Gasteiger charge is 2.43. The van der Waals surface area contributed by atoms with Gasteiger partial charge in [-0.05, 0) is 54.2 Å². The number of piperazine rings is 1. The normalized spacial score (nSPS) is 17.8. The second-order valence-electron chi connectivity index (χ2n) is 17.5. The number of anilines is 1. The van der Waals surface area contributed by atoms with Gasteiger partial charge >= 0.3 is 0 Å². The summed E-state index contributed by atoms with van der Waals surface area (Å²) in [6.45, 7) is 15.0. The van der Waals surface area contributed by atoms with Gasteiger partial charge in [0.1, 0.15) is 24.3 Å². The van der Waals surface area contributed by atoms with Crippen LogP contribution in [0.25, 0.3) is 32.8 Å². The molecule has 4 atom stereocenters. The van der Waals surface area contributed by atoms with Crippen LogP contribution >= 0.6 is 11.3 Å². The second kappa shape index (κ2) is 21.6. The maximum atomic E-state index is 14.2. The summed E-state index contributed by atoms with van der Waals surface area (Å²) in [6, 6.07) is 17.3. The molecule has 2 aliphatic heterocycles. The Hall–Kier alpha value is -6.25. The van der Waals surface area contributed by atoms with Crippen molar-refractivity contribution in [1.82, 2.24) is 50.1 Å². The standard InChI is InChI=1S/C48H59N11O7S/c1-30(2)44(48(63)59-28-36(60)23-40(59)47(62)52-31(3)33-9-11-34(12-10-33)45-32(4)50-29-67-45)42-25-43(55-66-42)65-22-18-57-15-13-56(14-16-57)17-20-64-21-19-58-27-35(26-51-58)38-24-39(53-54-46(38)49)37-7-5-6-8-41(37)61/h5-12,24-27,29-31,36,40,44,60-61H,13-23,28H2,1-4H3,(H2,49,54)(H,52,62)/t31-,36+,40-,44+/m0/s1. The topological polar surface area (TPSA) is 223 Å². The van der Waals surface area contributed by atoms with Gasteiger partial charge in [-0.1, -0.05) is 50.2 Å². The lowest BCUT2D eigenvalue weighted by Crippen LogP contribution is -2.48. The summed E-state index contributed by atoms with van der Waals surface area (Å²) in [5, 5.41) is 40.9. The number of aliphatic hydroxyl groups is 1. The fourth-order valence-electron chi connectivity index (χ4n) is 8.65. The Kier molecular flexibility index (Phi) is 15.2. The summed E-state index contributed by atoms with van der Waals surface area (Å²) >= 11 is 1.59. The molecule has 0 unspecified atom stereocenters. The van der Waals surface area contributed by atoms with Crippen LogP contribution in [0, 0.1) is 12.8 Å². The van der Waals surface area contributed by atoms with Crippen molar-refractivity contribution in [2.45, 2.75) is 64.8 Å². The number of aromatic hydroxyl groups is 1. The second-order valence-corrected chi connectivity index (χ2v) is 18.3. The fourth-order valence-corrected chi connectivity index (χ4v) is 9.46. The smallest absolute Gasteiger partial charge is 0.254 e. The van der Waals surface area contributed by atoms with E-state index in [1.165, 1.54) is 4.90 Å². The number of likely N-dealkylation sites (tertiary alicyclic amines) is 1. The summed E-state index contributed by atoms with van der Waals surface area (Å²) in [6.07, 6.45) is 2.95. The number of para-hydroxylation sites is 1. The molecule has 2 amide bonds. The van der Waals surface area contributed by atoms with Crippen LogP contribution in [0.15, 0.2) is 83.1 Å². The van der Waals surface area contributed by atoms with E-state index in [9.17, 15) is 19.8 Å². The maximum absolute atomic E-state index is 14.2. The highest BCUT2D eigenvalue weighted by Crippen LogP contribution is 2.34. The van der Waals surface area contributed by atoms with E-state index >= 15 is 0 Å². The first-order chi connectivity index (χ1) is 32.4. The zero-order chi connectivity index (χ0) is 47.0. The molecular formula is C48H59N11O7S. The van der Waals surface area contributed by atoms with Gasteiger partial charge in [-0.3, -0.25) is 24.1 Å². The first-order valence-electron chi connectivity index (χ1n) is 22.8. The summed E-state index contributed by atoms with van der Waals surface area (Å²) < 4.78 is 19.5. The minimum absolute atomic E-state index is 0.0523. The van der Waals surface area contributed by atoms with Gasteiger partial charge in [0.15, 0.2) is 11.6 Å². The summed E-state index contributed by atoms with van der Waals surface area (Å²) in [4.78, 5) is 39.5. The number of nitrogens with two attached hydrogens (primary N) is 1. The van der Waals surface area contributed by atoms with Crippen molar-refractivity contribution < 1.29 is 33.8 Å². The molecule has 6 aromatic rings. The molecule has 19 heteroatoms. The quantitative estimate of drug-likeness (QED) is 0.0785. The summed E-state index contributed by atoms with van der Waals surface area (Å²) in [5.74, 6) is -0.450. The van der Waals surface area contributed by atoms with Crippen molar-refractivity contribution in [3.05, 3.63) is 95.6 Å². The van der Waals surface area contributed by atoms with Crippen LogP contribution in [-0.4, -0.2) is 145 Å². The average molecular weight is 934 g/mol.